The number of nitrogens with one attached hydrogen (secondary N) is 1. The van der Waals surface area contributed by atoms with Crippen LogP contribution in [0.5, 0.6) is 5.75 Å². The number of halogens is 2. The van der Waals surface area contributed by atoms with Gasteiger partial charge in [0, 0.05) is 10.7 Å². The first-order chi connectivity index (χ1) is 9.58. The Labute approximate surface area is 121 Å². The van der Waals surface area contributed by atoms with Crippen LogP contribution >= 0.6 is 11.6 Å². The van der Waals surface area contributed by atoms with Gasteiger partial charge in [-0.3, -0.25) is 4.79 Å². The van der Waals surface area contributed by atoms with Gasteiger partial charge < -0.3 is 10.1 Å². The van der Waals surface area contributed by atoms with Crippen LogP contribution in [0.3, 0.4) is 0 Å². The van der Waals surface area contributed by atoms with Crippen molar-refractivity contribution in [2.24, 2.45) is 0 Å². The minimum absolute atomic E-state index is 0.0768. The normalized spacial score (nSPS) is 10.2. The minimum Gasteiger partial charge on any atom is -0.494 e. The van der Waals surface area contributed by atoms with Crippen molar-refractivity contribution in [2.45, 2.75) is 6.42 Å². The molecule has 0 saturated carbocycles. The number of ether oxygens (including phenoxy) is 1. The van der Waals surface area contributed by atoms with Crippen molar-refractivity contribution in [2.75, 3.05) is 12.4 Å². The SMILES string of the molecule is COc1ccc(CC(=O)Nc2cccc(Cl)c2)cc1F. The molecule has 0 spiro atoms. The summed E-state index contributed by atoms with van der Waals surface area (Å²) < 4.78 is 18.3. The second kappa shape index (κ2) is 6.39. The Morgan fingerprint density at radius 1 is 1.30 bits per heavy atom. The molecule has 0 atom stereocenters. The van der Waals surface area contributed by atoms with Crippen LogP contribution in [0, 0.1) is 5.82 Å². The number of amides is 1. The number of rotatable bonds is 4. The largest absolute Gasteiger partial charge is 0.494 e. The molecule has 0 bridgehead atoms. The van der Waals surface area contributed by atoms with Crippen LogP contribution in [0.1, 0.15) is 5.56 Å². The highest BCUT2D eigenvalue weighted by atomic mass is 35.5. The maximum atomic E-state index is 13.5. The van der Waals surface area contributed by atoms with Crippen molar-refractivity contribution >= 4 is 23.2 Å². The third kappa shape index (κ3) is 3.71. The average molecular weight is 294 g/mol. The maximum absolute atomic E-state index is 13.5. The lowest BCUT2D eigenvalue weighted by Gasteiger charge is -2.07. The van der Waals surface area contributed by atoms with Crippen LogP contribution < -0.4 is 10.1 Å². The van der Waals surface area contributed by atoms with Crippen LogP contribution in [-0.2, 0) is 11.2 Å². The van der Waals surface area contributed by atoms with Crippen LogP contribution in [0.15, 0.2) is 42.5 Å². The Morgan fingerprint density at radius 2 is 2.10 bits per heavy atom. The first-order valence-electron chi connectivity index (χ1n) is 5.96. The first kappa shape index (κ1) is 14.3. The zero-order valence-corrected chi connectivity index (χ0v) is 11.6. The van der Waals surface area contributed by atoms with E-state index in [2.05, 4.69) is 5.32 Å². The lowest BCUT2D eigenvalue weighted by Crippen LogP contribution is -2.14. The quantitative estimate of drug-likeness (QED) is 0.934. The Bertz CT molecular complexity index is 631. The summed E-state index contributed by atoms with van der Waals surface area (Å²) >= 11 is 5.83. The molecule has 20 heavy (non-hydrogen) atoms. The minimum atomic E-state index is -0.486. The summed E-state index contributed by atoms with van der Waals surface area (Å²) in [4.78, 5) is 11.9. The van der Waals surface area contributed by atoms with Gasteiger partial charge in [-0.25, -0.2) is 4.39 Å². The molecular weight excluding hydrogens is 281 g/mol. The molecule has 1 amide bonds. The Hall–Kier alpha value is -2.07. The number of benzene rings is 2. The average Bonchev–Trinajstić information content (AvgIpc) is 2.38. The summed E-state index contributed by atoms with van der Waals surface area (Å²) in [6.45, 7) is 0. The lowest BCUT2D eigenvalue weighted by molar-refractivity contribution is -0.115. The van der Waals surface area contributed by atoms with Gasteiger partial charge in [0.2, 0.25) is 5.91 Å². The predicted octanol–water partition coefficient (Wildman–Crippen LogP) is 3.67. The monoisotopic (exact) mass is 293 g/mol. The second-order valence-electron chi connectivity index (χ2n) is 4.20. The zero-order valence-electron chi connectivity index (χ0n) is 10.8. The van der Waals surface area contributed by atoms with E-state index in [9.17, 15) is 9.18 Å². The molecule has 3 nitrogen and oxygen atoms in total. The third-order valence-electron chi connectivity index (χ3n) is 2.69. The standard InChI is InChI=1S/C15H13ClFNO2/c1-20-14-6-5-10(7-13(14)17)8-15(19)18-12-4-2-3-11(16)9-12/h2-7,9H,8H2,1H3,(H,18,19). The van der Waals surface area contributed by atoms with E-state index in [-0.39, 0.29) is 18.1 Å². The van der Waals surface area contributed by atoms with E-state index in [1.165, 1.54) is 19.2 Å². The summed E-state index contributed by atoms with van der Waals surface area (Å²) in [5, 5.41) is 3.24. The summed E-state index contributed by atoms with van der Waals surface area (Å²) in [7, 11) is 1.39. The van der Waals surface area contributed by atoms with E-state index in [0.717, 1.165) is 0 Å². The Morgan fingerprint density at radius 3 is 2.75 bits per heavy atom. The van der Waals surface area contributed by atoms with Gasteiger partial charge in [0.05, 0.1) is 13.5 Å². The van der Waals surface area contributed by atoms with Crippen LogP contribution in [0.4, 0.5) is 10.1 Å². The summed E-state index contributed by atoms with van der Waals surface area (Å²) in [5.74, 6) is -0.568. The molecule has 2 aromatic carbocycles. The maximum Gasteiger partial charge on any atom is 0.228 e. The van der Waals surface area contributed by atoms with Gasteiger partial charge in [-0.2, -0.15) is 0 Å². The molecule has 0 fully saturated rings. The molecule has 0 unspecified atom stereocenters. The Balaban J connectivity index is 2.03. The highest BCUT2D eigenvalue weighted by Gasteiger charge is 2.08. The van der Waals surface area contributed by atoms with Crippen molar-refractivity contribution in [3.63, 3.8) is 0 Å². The highest BCUT2D eigenvalue weighted by molar-refractivity contribution is 6.30. The van der Waals surface area contributed by atoms with Crippen LogP contribution in [0.2, 0.25) is 5.02 Å². The molecule has 0 aromatic heterocycles. The molecule has 0 aliphatic heterocycles. The molecular formula is C15H13ClFNO2. The van der Waals surface area contributed by atoms with Gasteiger partial charge in [0.1, 0.15) is 0 Å². The van der Waals surface area contributed by atoms with Crippen molar-refractivity contribution in [1.29, 1.82) is 0 Å². The lowest BCUT2D eigenvalue weighted by atomic mass is 10.1. The van der Waals surface area contributed by atoms with Crippen molar-refractivity contribution in [3.05, 3.63) is 58.9 Å². The van der Waals surface area contributed by atoms with Crippen molar-refractivity contribution in [3.8, 4) is 5.75 Å². The van der Waals surface area contributed by atoms with E-state index in [1.807, 2.05) is 0 Å². The zero-order chi connectivity index (χ0) is 14.5. The molecule has 0 radical (unpaired) electrons. The summed E-state index contributed by atoms with van der Waals surface area (Å²) in [6, 6.07) is 11.3. The van der Waals surface area contributed by atoms with Gasteiger partial charge in [0.15, 0.2) is 11.6 Å². The molecule has 104 valence electrons. The molecule has 0 saturated heterocycles. The van der Waals surface area contributed by atoms with Crippen molar-refractivity contribution < 1.29 is 13.9 Å². The fraction of sp³-hybridized carbons (Fsp3) is 0.133. The molecule has 0 aliphatic carbocycles. The van der Waals surface area contributed by atoms with E-state index in [0.29, 0.717) is 16.3 Å². The predicted molar refractivity (Wildman–Crippen MR) is 76.7 cm³/mol. The van der Waals surface area contributed by atoms with Crippen molar-refractivity contribution in [1.82, 2.24) is 0 Å². The molecule has 5 heteroatoms. The molecule has 0 heterocycles. The van der Waals surface area contributed by atoms with E-state index >= 15 is 0 Å². The molecule has 0 aliphatic rings. The van der Waals surface area contributed by atoms with E-state index in [1.54, 1.807) is 30.3 Å². The first-order valence-corrected chi connectivity index (χ1v) is 6.34. The number of carbonyl (C=O) groups excluding carboxylic acids is 1. The fourth-order valence-electron chi connectivity index (χ4n) is 1.78. The smallest absolute Gasteiger partial charge is 0.228 e. The third-order valence-corrected chi connectivity index (χ3v) is 2.92. The summed E-state index contributed by atoms with van der Waals surface area (Å²) in [6.07, 6.45) is 0.0768. The van der Waals surface area contributed by atoms with Gasteiger partial charge in [0.25, 0.3) is 0 Å². The van der Waals surface area contributed by atoms with Gasteiger partial charge in [-0.15, -0.1) is 0 Å². The molecule has 2 aromatic rings. The summed E-state index contributed by atoms with van der Waals surface area (Å²) in [5.41, 5.74) is 1.18. The van der Waals surface area contributed by atoms with Gasteiger partial charge >= 0.3 is 0 Å². The topological polar surface area (TPSA) is 38.3 Å². The number of hydrogen-bond acceptors (Lipinski definition) is 2. The second-order valence-corrected chi connectivity index (χ2v) is 4.64. The van der Waals surface area contributed by atoms with Gasteiger partial charge in [-0.05, 0) is 35.9 Å². The molecule has 2 rings (SSSR count). The number of methoxy groups -OCH3 is 1. The van der Waals surface area contributed by atoms with Gasteiger partial charge in [-0.1, -0.05) is 23.7 Å². The Kier molecular flexibility index (Phi) is 4.58. The molecule has 1 N–H and O–H groups in total. The highest BCUT2D eigenvalue weighted by Crippen LogP contribution is 2.19. The fourth-order valence-corrected chi connectivity index (χ4v) is 1.97. The van der Waals surface area contributed by atoms with E-state index < -0.39 is 5.82 Å². The number of hydrogen-bond donors (Lipinski definition) is 1. The number of anilines is 1. The van der Waals surface area contributed by atoms with Crippen LogP contribution in [-0.4, -0.2) is 13.0 Å². The van der Waals surface area contributed by atoms with Crippen LogP contribution in [0.25, 0.3) is 0 Å². The van der Waals surface area contributed by atoms with E-state index in [4.69, 9.17) is 16.3 Å². The number of carbonyl (C=O) groups is 1.